The second-order valence-corrected chi connectivity index (χ2v) is 9.19. The summed E-state index contributed by atoms with van der Waals surface area (Å²) >= 11 is 1.42. The van der Waals surface area contributed by atoms with Crippen LogP contribution in [0.25, 0.3) is 0 Å². The maximum atomic E-state index is 13.1. The second-order valence-electron chi connectivity index (χ2n) is 6.31. The number of aryl methyl sites for hydroxylation is 1. The molecule has 0 bridgehead atoms. The number of hydrogen-bond acceptors (Lipinski definition) is 5. The van der Waals surface area contributed by atoms with Crippen molar-refractivity contribution in [3.8, 4) is 0 Å². The Bertz CT molecular complexity index is 1050. The third kappa shape index (κ3) is 3.30. The van der Waals surface area contributed by atoms with Crippen molar-refractivity contribution in [1.82, 2.24) is 8.87 Å². The monoisotopic (exact) mass is 402 g/mol. The van der Waals surface area contributed by atoms with Crippen molar-refractivity contribution in [2.24, 2.45) is 0 Å². The van der Waals surface area contributed by atoms with Crippen LogP contribution in [0.1, 0.15) is 22.4 Å². The fourth-order valence-corrected chi connectivity index (χ4v) is 5.70. The van der Waals surface area contributed by atoms with Crippen LogP contribution < -0.4 is 0 Å². The first-order valence-corrected chi connectivity index (χ1v) is 10.9. The van der Waals surface area contributed by atoms with Gasteiger partial charge in [-0.2, -0.15) is 0 Å². The van der Waals surface area contributed by atoms with Gasteiger partial charge in [0.1, 0.15) is 11.1 Å². The Morgan fingerprint density at radius 1 is 1.15 bits per heavy atom. The van der Waals surface area contributed by atoms with Crippen molar-refractivity contribution in [3.05, 3.63) is 78.0 Å². The molecule has 1 aliphatic heterocycles. The van der Waals surface area contributed by atoms with Crippen LogP contribution in [0.5, 0.6) is 0 Å². The number of carbonyl (C=O) groups is 1. The lowest BCUT2D eigenvalue weighted by atomic mass is 10.2. The number of nitrogens with zero attached hydrogens (tertiary/aromatic N) is 2. The molecule has 1 amide bonds. The van der Waals surface area contributed by atoms with Crippen LogP contribution in [0.4, 0.5) is 0 Å². The predicted molar refractivity (Wildman–Crippen MR) is 103 cm³/mol. The zero-order chi connectivity index (χ0) is 19.0. The molecule has 27 heavy (non-hydrogen) atoms. The molecule has 140 valence electrons. The summed E-state index contributed by atoms with van der Waals surface area (Å²) in [5, 5.41) is -0.391. The Hall–Kier alpha value is -2.45. The summed E-state index contributed by atoms with van der Waals surface area (Å²) in [5.41, 5.74) is 1.54. The van der Waals surface area contributed by atoms with Gasteiger partial charge in [0.25, 0.3) is 10.0 Å². The molecule has 0 N–H and O–H groups in total. The number of thioether (sulfide) groups is 1. The lowest BCUT2D eigenvalue weighted by Crippen LogP contribution is -2.29. The summed E-state index contributed by atoms with van der Waals surface area (Å²) in [7, 11) is -3.74. The molecule has 0 radical (unpaired) electrons. The van der Waals surface area contributed by atoms with Gasteiger partial charge in [-0.25, -0.2) is 12.4 Å². The Balaban J connectivity index is 1.70. The molecule has 3 heterocycles. The molecule has 1 aromatic carbocycles. The summed E-state index contributed by atoms with van der Waals surface area (Å²) in [6.07, 6.45) is 3.08. The predicted octanol–water partition coefficient (Wildman–Crippen LogP) is 3.40. The number of amides is 1. The van der Waals surface area contributed by atoms with E-state index in [-0.39, 0.29) is 10.8 Å². The quantitative estimate of drug-likeness (QED) is 0.654. The molecule has 1 fully saturated rings. The highest BCUT2D eigenvalue weighted by molar-refractivity contribution is 8.00. The van der Waals surface area contributed by atoms with Gasteiger partial charge in [-0.1, -0.05) is 17.7 Å². The van der Waals surface area contributed by atoms with Crippen molar-refractivity contribution in [2.75, 3.05) is 5.75 Å². The summed E-state index contributed by atoms with van der Waals surface area (Å²) < 4.78 is 32.9. The van der Waals surface area contributed by atoms with Gasteiger partial charge < -0.3 is 9.32 Å². The zero-order valence-corrected chi connectivity index (χ0v) is 16.2. The fourth-order valence-electron chi connectivity index (χ4n) is 3.05. The standard InChI is InChI=1S/C19H18N2O4S2/c1-14-6-8-16(9-7-14)27(23,24)21-10-2-5-17(21)19-20(18(22)13-26-19)12-15-4-3-11-25-15/h2-11,19H,12-13H2,1H3. The smallest absolute Gasteiger partial charge is 0.267 e. The topological polar surface area (TPSA) is 72.5 Å². The third-order valence-electron chi connectivity index (χ3n) is 4.45. The van der Waals surface area contributed by atoms with Crippen molar-refractivity contribution < 1.29 is 17.6 Å². The summed E-state index contributed by atoms with van der Waals surface area (Å²) in [5.74, 6) is 0.929. The van der Waals surface area contributed by atoms with Gasteiger partial charge in [0.05, 0.1) is 29.2 Å². The molecule has 1 aliphatic rings. The minimum Gasteiger partial charge on any atom is -0.467 e. The van der Waals surface area contributed by atoms with Crippen molar-refractivity contribution in [3.63, 3.8) is 0 Å². The number of carbonyl (C=O) groups excluding carboxylic acids is 1. The van der Waals surface area contributed by atoms with Gasteiger partial charge in [0.2, 0.25) is 5.91 Å². The van der Waals surface area contributed by atoms with E-state index in [2.05, 4.69) is 0 Å². The fraction of sp³-hybridized carbons (Fsp3) is 0.211. The largest absolute Gasteiger partial charge is 0.467 e. The number of aromatic nitrogens is 1. The van der Waals surface area contributed by atoms with E-state index in [1.807, 2.05) is 6.92 Å². The van der Waals surface area contributed by atoms with Gasteiger partial charge >= 0.3 is 0 Å². The van der Waals surface area contributed by atoms with Gasteiger partial charge in [-0.05, 0) is 43.3 Å². The highest BCUT2D eigenvalue weighted by Crippen LogP contribution is 2.40. The van der Waals surface area contributed by atoms with E-state index in [9.17, 15) is 13.2 Å². The normalized spacial score (nSPS) is 17.6. The summed E-state index contributed by atoms with van der Waals surface area (Å²) in [6.45, 7) is 2.21. The average Bonchev–Trinajstić information content (AvgIpc) is 3.38. The lowest BCUT2D eigenvalue weighted by molar-refractivity contribution is -0.128. The first-order valence-electron chi connectivity index (χ1n) is 8.40. The SMILES string of the molecule is Cc1ccc(S(=O)(=O)n2cccc2C2SCC(=O)N2Cc2ccco2)cc1. The molecular formula is C19H18N2O4S2. The van der Waals surface area contributed by atoms with E-state index >= 15 is 0 Å². The lowest BCUT2D eigenvalue weighted by Gasteiger charge is -2.24. The van der Waals surface area contributed by atoms with Crippen molar-refractivity contribution in [1.29, 1.82) is 0 Å². The van der Waals surface area contributed by atoms with E-state index in [4.69, 9.17) is 4.42 Å². The second kappa shape index (κ2) is 6.94. The molecule has 0 spiro atoms. The Morgan fingerprint density at radius 3 is 2.63 bits per heavy atom. The molecule has 8 heteroatoms. The number of furan rings is 1. The molecule has 4 rings (SSSR count). The van der Waals surface area contributed by atoms with Crippen LogP contribution in [0.15, 0.2) is 70.3 Å². The van der Waals surface area contributed by atoms with E-state index in [1.165, 1.54) is 21.9 Å². The molecule has 6 nitrogen and oxygen atoms in total. The molecule has 2 aromatic heterocycles. The maximum absolute atomic E-state index is 13.1. The minimum atomic E-state index is -3.74. The maximum Gasteiger partial charge on any atom is 0.267 e. The van der Waals surface area contributed by atoms with Crippen molar-refractivity contribution in [2.45, 2.75) is 23.7 Å². The van der Waals surface area contributed by atoms with Crippen LogP contribution in [0.2, 0.25) is 0 Å². The van der Waals surface area contributed by atoms with Crippen LogP contribution in [-0.2, 0) is 21.4 Å². The number of benzene rings is 1. The molecular weight excluding hydrogens is 384 g/mol. The Morgan fingerprint density at radius 2 is 1.93 bits per heavy atom. The minimum absolute atomic E-state index is 0.0399. The van der Waals surface area contributed by atoms with E-state index in [0.717, 1.165) is 5.56 Å². The third-order valence-corrected chi connectivity index (χ3v) is 7.39. The first-order chi connectivity index (χ1) is 13.0. The van der Waals surface area contributed by atoms with E-state index < -0.39 is 15.4 Å². The van der Waals surface area contributed by atoms with Crippen molar-refractivity contribution >= 4 is 27.7 Å². The first kappa shape index (κ1) is 17.9. The molecule has 0 aliphatic carbocycles. The number of rotatable bonds is 5. The Kier molecular flexibility index (Phi) is 4.61. The molecule has 0 saturated carbocycles. The van der Waals surface area contributed by atoms with Crippen LogP contribution >= 0.6 is 11.8 Å². The Labute approximate surface area is 161 Å². The van der Waals surface area contributed by atoms with Crippen LogP contribution in [0.3, 0.4) is 0 Å². The molecule has 1 atom stereocenters. The average molecular weight is 402 g/mol. The molecule has 1 unspecified atom stereocenters. The van der Waals surface area contributed by atoms with Crippen LogP contribution in [0, 0.1) is 6.92 Å². The molecule has 3 aromatic rings. The molecule has 1 saturated heterocycles. The van der Waals surface area contributed by atoms with Gasteiger partial charge in [0, 0.05) is 6.20 Å². The van der Waals surface area contributed by atoms with E-state index in [0.29, 0.717) is 23.8 Å². The highest BCUT2D eigenvalue weighted by Gasteiger charge is 2.36. The summed E-state index contributed by atoms with van der Waals surface area (Å²) in [4.78, 5) is 14.3. The highest BCUT2D eigenvalue weighted by atomic mass is 32.2. The summed E-state index contributed by atoms with van der Waals surface area (Å²) in [6, 6.07) is 13.7. The van der Waals surface area contributed by atoms with Gasteiger partial charge in [-0.3, -0.25) is 4.79 Å². The van der Waals surface area contributed by atoms with Crippen LogP contribution in [-0.4, -0.2) is 29.0 Å². The number of hydrogen-bond donors (Lipinski definition) is 0. The van der Waals surface area contributed by atoms with E-state index in [1.54, 1.807) is 59.7 Å². The zero-order valence-electron chi connectivity index (χ0n) is 14.6. The van der Waals surface area contributed by atoms with Gasteiger partial charge in [-0.15, -0.1) is 11.8 Å². The van der Waals surface area contributed by atoms with Gasteiger partial charge in [0.15, 0.2) is 0 Å².